The molecule has 0 saturated carbocycles. The molecule has 2 unspecified atom stereocenters. The van der Waals surface area contributed by atoms with Gasteiger partial charge in [0.05, 0.1) is 6.04 Å². The van der Waals surface area contributed by atoms with Crippen molar-refractivity contribution in [2.75, 3.05) is 0 Å². The van der Waals surface area contributed by atoms with Gasteiger partial charge in [-0.15, -0.1) is 0 Å². The van der Waals surface area contributed by atoms with Gasteiger partial charge in [0.25, 0.3) is 0 Å². The van der Waals surface area contributed by atoms with Crippen molar-refractivity contribution in [2.45, 2.75) is 52.2 Å². The van der Waals surface area contributed by atoms with Crippen LogP contribution in [0, 0.1) is 0 Å². The highest BCUT2D eigenvalue weighted by Crippen LogP contribution is 1.99. The number of hydrogen-bond donors (Lipinski definition) is 2. The third-order valence-corrected chi connectivity index (χ3v) is 2.96. The van der Waals surface area contributed by atoms with Gasteiger partial charge in [0, 0.05) is 12.6 Å². The van der Waals surface area contributed by atoms with Crippen molar-refractivity contribution < 1.29 is 4.79 Å². The van der Waals surface area contributed by atoms with Crippen LogP contribution in [0.2, 0.25) is 0 Å². The molecule has 0 bridgehead atoms. The van der Waals surface area contributed by atoms with E-state index in [2.05, 4.69) is 29.7 Å². The minimum atomic E-state index is -0.162. The second-order valence-corrected chi connectivity index (χ2v) is 4.79. The minimum absolute atomic E-state index is 0.0758. The Bertz CT molecular complexity index is 351. The first-order valence-electron chi connectivity index (χ1n) is 6.71. The lowest BCUT2D eigenvalue weighted by atomic mass is 10.1. The van der Waals surface area contributed by atoms with E-state index in [1.807, 2.05) is 32.0 Å². The molecular weight excluding hydrogens is 224 g/mol. The molecule has 0 fully saturated rings. The molecule has 0 saturated heterocycles. The van der Waals surface area contributed by atoms with Crippen LogP contribution in [-0.2, 0) is 11.3 Å². The molecule has 2 N–H and O–H groups in total. The highest BCUT2D eigenvalue weighted by molar-refractivity contribution is 5.81. The number of amides is 1. The van der Waals surface area contributed by atoms with Crippen LogP contribution in [0.3, 0.4) is 0 Å². The summed E-state index contributed by atoms with van der Waals surface area (Å²) in [5, 5.41) is 6.25. The Morgan fingerprint density at radius 3 is 2.50 bits per heavy atom. The summed E-state index contributed by atoms with van der Waals surface area (Å²) in [5.74, 6) is 0.0758. The van der Waals surface area contributed by atoms with Crippen LogP contribution in [0.1, 0.15) is 39.2 Å². The van der Waals surface area contributed by atoms with Crippen molar-refractivity contribution in [1.29, 1.82) is 0 Å². The monoisotopic (exact) mass is 248 g/mol. The van der Waals surface area contributed by atoms with Gasteiger partial charge in [-0.05, 0) is 25.8 Å². The van der Waals surface area contributed by atoms with E-state index in [0.29, 0.717) is 0 Å². The lowest BCUT2D eigenvalue weighted by Crippen LogP contribution is -2.45. The lowest BCUT2D eigenvalue weighted by Gasteiger charge is -2.18. The Morgan fingerprint density at radius 2 is 1.89 bits per heavy atom. The fourth-order valence-corrected chi connectivity index (χ4v) is 1.83. The Kier molecular flexibility index (Phi) is 6.44. The number of nitrogens with one attached hydrogen (secondary N) is 2. The summed E-state index contributed by atoms with van der Waals surface area (Å²) in [7, 11) is 0. The van der Waals surface area contributed by atoms with Gasteiger partial charge in [-0.25, -0.2) is 0 Å². The average Bonchev–Trinajstić information content (AvgIpc) is 2.37. The first kappa shape index (κ1) is 14.7. The standard InChI is InChI=1S/C15H24N2O/c1-4-8-12(2)17-15(18)13(3)16-11-14-9-6-5-7-10-14/h5-7,9-10,12-13,16H,4,8,11H2,1-3H3,(H,17,18). The number of benzene rings is 1. The number of rotatable bonds is 7. The van der Waals surface area contributed by atoms with Gasteiger partial charge in [-0.1, -0.05) is 43.7 Å². The minimum Gasteiger partial charge on any atom is -0.352 e. The summed E-state index contributed by atoms with van der Waals surface area (Å²) >= 11 is 0. The first-order chi connectivity index (χ1) is 8.63. The predicted molar refractivity (Wildman–Crippen MR) is 75.3 cm³/mol. The van der Waals surface area contributed by atoms with Crippen molar-refractivity contribution >= 4 is 5.91 Å². The third-order valence-electron chi connectivity index (χ3n) is 2.96. The van der Waals surface area contributed by atoms with Crippen LogP contribution in [0.15, 0.2) is 30.3 Å². The third kappa shape index (κ3) is 5.32. The van der Waals surface area contributed by atoms with Crippen LogP contribution in [0.4, 0.5) is 0 Å². The molecule has 3 nitrogen and oxygen atoms in total. The van der Waals surface area contributed by atoms with Crippen LogP contribution in [0.25, 0.3) is 0 Å². The molecule has 0 spiro atoms. The van der Waals surface area contributed by atoms with E-state index in [-0.39, 0.29) is 18.0 Å². The maximum atomic E-state index is 11.9. The molecule has 18 heavy (non-hydrogen) atoms. The predicted octanol–water partition coefficient (Wildman–Crippen LogP) is 2.47. The summed E-state index contributed by atoms with van der Waals surface area (Å²) < 4.78 is 0. The van der Waals surface area contributed by atoms with Crippen LogP contribution >= 0.6 is 0 Å². The summed E-state index contributed by atoms with van der Waals surface area (Å²) in [5.41, 5.74) is 1.19. The Balaban J connectivity index is 2.32. The molecular formula is C15H24N2O. The van der Waals surface area contributed by atoms with Crippen molar-refractivity contribution in [1.82, 2.24) is 10.6 Å². The maximum absolute atomic E-state index is 11.9. The molecule has 1 amide bonds. The van der Waals surface area contributed by atoms with E-state index in [1.165, 1.54) is 5.56 Å². The fourth-order valence-electron chi connectivity index (χ4n) is 1.83. The molecule has 3 heteroatoms. The average molecular weight is 248 g/mol. The van der Waals surface area contributed by atoms with Crippen LogP contribution in [0.5, 0.6) is 0 Å². The Morgan fingerprint density at radius 1 is 1.22 bits per heavy atom. The van der Waals surface area contributed by atoms with E-state index in [1.54, 1.807) is 0 Å². The zero-order valence-corrected chi connectivity index (χ0v) is 11.6. The molecule has 2 atom stereocenters. The van der Waals surface area contributed by atoms with E-state index in [4.69, 9.17) is 0 Å². The quantitative estimate of drug-likeness (QED) is 0.778. The van der Waals surface area contributed by atoms with Gasteiger partial charge < -0.3 is 10.6 Å². The van der Waals surface area contributed by atoms with Crippen LogP contribution < -0.4 is 10.6 Å². The SMILES string of the molecule is CCCC(C)NC(=O)C(C)NCc1ccccc1. The van der Waals surface area contributed by atoms with E-state index in [0.717, 1.165) is 19.4 Å². The van der Waals surface area contributed by atoms with E-state index < -0.39 is 0 Å². The molecule has 0 aliphatic carbocycles. The van der Waals surface area contributed by atoms with Gasteiger partial charge in [0.1, 0.15) is 0 Å². The van der Waals surface area contributed by atoms with Gasteiger partial charge in [-0.2, -0.15) is 0 Å². The van der Waals surface area contributed by atoms with E-state index >= 15 is 0 Å². The molecule has 0 radical (unpaired) electrons. The van der Waals surface area contributed by atoms with Gasteiger partial charge in [0.15, 0.2) is 0 Å². The summed E-state index contributed by atoms with van der Waals surface area (Å²) in [6.07, 6.45) is 2.12. The maximum Gasteiger partial charge on any atom is 0.237 e. The molecule has 0 aliphatic rings. The summed E-state index contributed by atoms with van der Waals surface area (Å²) in [6.45, 7) is 6.79. The molecule has 1 rings (SSSR count). The zero-order chi connectivity index (χ0) is 13.4. The van der Waals surface area contributed by atoms with Gasteiger partial charge >= 0.3 is 0 Å². The number of carbonyl (C=O) groups is 1. The highest BCUT2D eigenvalue weighted by atomic mass is 16.2. The highest BCUT2D eigenvalue weighted by Gasteiger charge is 2.13. The van der Waals surface area contributed by atoms with Crippen molar-refractivity contribution in [3.63, 3.8) is 0 Å². The van der Waals surface area contributed by atoms with Crippen molar-refractivity contribution in [2.24, 2.45) is 0 Å². The Hall–Kier alpha value is -1.35. The topological polar surface area (TPSA) is 41.1 Å². The molecule has 100 valence electrons. The fraction of sp³-hybridized carbons (Fsp3) is 0.533. The molecule has 1 aromatic rings. The second kappa shape index (κ2) is 7.88. The second-order valence-electron chi connectivity index (χ2n) is 4.79. The number of hydrogen-bond acceptors (Lipinski definition) is 2. The largest absolute Gasteiger partial charge is 0.352 e. The van der Waals surface area contributed by atoms with Crippen molar-refractivity contribution in [3.8, 4) is 0 Å². The summed E-state index contributed by atoms with van der Waals surface area (Å²) in [6, 6.07) is 10.2. The Labute approximate surface area is 110 Å². The molecule has 1 aromatic carbocycles. The first-order valence-corrected chi connectivity index (χ1v) is 6.71. The van der Waals surface area contributed by atoms with Crippen molar-refractivity contribution in [3.05, 3.63) is 35.9 Å². The van der Waals surface area contributed by atoms with Crippen LogP contribution in [-0.4, -0.2) is 18.0 Å². The zero-order valence-electron chi connectivity index (χ0n) is 11.6. The van der Waals surface area contributed by atoms with Gasteiger partial charge in [-0.3, -0.25) is 4.79 Å². The van der Waals surface area contributed by atoms with E-state index in [9.17, 15) is 4.79 Å². The lowest BCUT2D eigenvalue weighted by molar-refractivity contribution is -0.123. The normalized spacial score (nSPS) is 13.9. The number of carbonyl (C=O) groups excluding carboxylic acids is 1. The van der Waals surface area contributed by atoms with Gasteiger partial charge in [0.2, 0.25) is 5.91 Å². The smallest absolute Gasteiger partial charge is 0.237 e. The summed E-state index contributed by atoms with van der Waals surface area (Å²) in [4.78, 5) is 11.9. The molecule has 0 aliphatic heterocycles. The molecule has 0 heterocycles. The molecule has 0 aromatic heterocycles.